The maximum atomic E-state index is 8.82. The number of benzene rings is 1. The second-order valence-corrected chi connectivity index (χ2v) is 4.82. The number of hydrogen-bond donors (Lipinski definition) is 2. The highest BCUT2D eigenvalue weighted by molar-refractivity contribution is 5.50. The molecule has 1 aromatic rings. The van der Waals surface area contributed by atoms with Crippen LogP contribution < -0.4 is 14.8 Å². The average Bonchev–Trinajstić information content (AvgIpc) is 2.79. The third kappa shape index (κ3) is 2.18. The maximum Gasteiger partial charge on any atom is 0.161 e. The second kappa shape index (κ2) is 5.16. The summed E-state index contributed by atoms with van der Waals surface area (Å²) in [7, 11) is 0. The Balaban J connectivity index is 1.78. The van der Waals surface area contributed by atoms with E-state index in [1.54, 1.807) is 0 Å². The van der Waals surface area contributed by atoms with Gasteiger partial charge in [0.1, 0.15) is 13.2 Å². The minimum Gasteiger partial charge on any atom is -0.486 e. The molecule has 98 valence electrons. The van der Waals surface area contributed by atoms with E-state index in [9.17, 15) is 0 Å². The van der Waals surface area contributed by atoms with Crippen LogP contribution in [0.15, 0.2) is 12.1 Å². The zero-order valence-electron chi connectivity index (χ0n) is 10.4. The van der Waals surface area contributed by atoms with Crippen LogP contribution in [-0.2, 0) is 6.42 Å². The van der Waals surface area contributed by atoms with Gasteiger partial charge in [0.05, 0.1) is 0 Å². The fourth-order valence-electron chi connectivity index (χ4n) is 2.71. The number of aryl methyl sites for hydroxylation is 1. The molecular formula is C14H19NO3. The molecule has 1 aliphatic heterocycles. The molecule has 0 spiro atoms. The van der Waals surface area contributed by atoms with Crippen LogP contribution in [0.4, 0.5) is 0 Å². The Morgan fingerprint density at radius 3 is 2.78 bits per heavy atom. The molecule has 0 saturated carbocycles. The van der Waals surface area contributed by atoms with Crippen LogP contribution in [0, 0.1) is 0 Å². The molecule has 18 heavy (non-hydrogen) atoms. The first-order chi connectivity index (χ1) is 8.88. The molecule has 0 radical (unpaired) electrons. The van der Waals surface area contributed by atoms with E-state index in [2.05, 4.69) is 17.4 Å². The lowest BCUT2D eigenvalue weighted by molar-refractivity contribution is 0.171. The Morgan fingerprint density at radius 2 is 2.00 bits per heavy atom. The third-order valence-electron chi connectivity index (χ3n) is 3.61. The number of fused-ring (bicyclic) bond motifs is 2. The van der Waals surface area contributed by atoms with Crippen molar-refractivity contribution in [3.8, 4) is 11.5 Å². The lowest BCUT2D eigenvalue weighted by Gasteiger charge is -2.21. The summed E-state index contributed by atoms with van der Waals surface area (Å²) in [4.78, 5) is 0. The van der Waals surface area contributed by atoms with Gasteiger partial charge in [-0.2, -0.15) is 0 Å². The van der Waals surface area contributed by atoms with Crippen LogP contribution in [0.3, 0.4) is 0 Å². The topological polar surface area (TPSA) is 50.7 Å². The zero-order valence-corrected chi connectivity index (χ0v) is 10.4. The van der Waals surface area contributed by atoms with Gasteiger partial charge in [0, 0.05) is 12.6 Å². The van der Waals surface area contributed by atoms with Crippen molar-refractivity contribution in [1.29, 1.82) is 0 Å². The molecule has 0 fully saturated rings. The van der Waals surface area contributed by atoms with Crippen molar-refractivity contribution in [3.05, 3.63) is 23.3 Å². The Labute approximate surface area is 107 Å². The van der Waals surface area contributed by atoms with Crippen LogP contribution in [0.2, 0.25) is 0 Å². The molecule has 2 aliphatic rings. The number of nitrogens with one attached hydrogen (secondary N) is 1. The number of aliphatic hydroxyl groups excluding tert-OH is 1. The predicted molar refractivity (Wildman–Crippen MR) is 68.2 cm³/mol. The number of rotatable bonds is 4. The Bertz CT molecular complexity index is 433. The summed E-state index contributed by atoms with van der Waals surface area (Å²) < 4.78 is 11.2. The quantitative estimate of drug-likeness (QED) is 0.792. The van der Waals surface area contributed by atoms with Gasteiger partial charge in [-0.05, 0) is 49.1 Å². The predicted octanol–water partition coefficient (Wildman–Crippen LogP) is 1.42. The molecule has 1 heterocycles. The molecule has 1 atom stereocenters. The van der Waals surface area contributed by atoms with Gasteiger partial charge in [-0.3, -0.25) is 0 Å². The Morgan fingerprint density at radius 1 is 1.22 bits per heavy atom. The van der Waals surface area contributed by atoms with Crippen LogP contribution in [0.25, 0.3) is 0 Å². The minimum absolute atomic E-state index is 0.244. The first-order valence-electron chi connectivity index (χ1n) is 6.65. The Hall–Kier alpha value is -1.26. The van der Waals surface area contributed by atoms with E-state index >= 15 is 0 Å². The molecule has 1 aromatic carbocycles. The largest absolute Gasteiger partial charge is 0.486 e. The second-order valence-electron chi connectivity index (χ2n) is 4.82. The summed E-state index contributed by atoms with van der Waals surface area (Å²) in [6, 6.07) is 4.63. The van der Waals surface area contributed by atoms with E-state index in [0.29, 0.717) is 19.3 Å². The minimum atomic E-state index is 0.244. The SMILES string of the molecule is OCCCNC1CCc2cc3c(cc21)OCCO3. The van der Waals surface area contributed by atoms with Crippen LogP contribution in [-0.4, -0.2) is 31.5 Å². The first-order valence-corrected chi connectivity index (χ1v) is 6.65. The highest BCUT2D eigenvalue weighted by atomic mass is 16.6. The standard InChI is InChI=1S/C14H19NO3/c16-5-1-4-15-12-3-2-10-8-13-14(9-11(10)12)18-7-6-17-13/h8-9,12,15-16H,1-7H2. The summed E-state index contributed by atoms with van der Waals surface area (Å²) in [6.07, 6.45) is 3.00. The number of ether oxygens (including phenoxy) is 2. The van der Waals surface area contributed by atoms with Crippen LogP contribution in [0.5, 0.6) is 11.5 Å². The Kier molecular flexibility index (Phi) is 3.39. The van der Waals surface area contributed by atoms with E-state index in [1.807, 2.05) is 0 Å². The fraction of sp³-hybridized carbons (Fsp3) is 0.571. The van der Waals surface area contributed by atoms with E-state index in [0.717, 1.165) is 37.3 Å². The third-order valence-corrected chi connectivity index (χ3v) is 3.61. The molecular weight excluding hydrogens is 230 g/mol. The van der Waals surface area contributed by atoms with Gasteiger partial charge in [0.2, 0.25) is 0 Å². The highest BCUT2D eigenvalue weighted by Gasteiger charge is 2.25. The zero-order chi connectivity index (χ0) is 12.4. The van der Waals surface area contributed by atoms with Gasteiger partial charge < -0.3 is 19.9 Å². The molecule has 0 saturated heterocycles. The van der Waals surface area contributed by atoms with Crippen molar-refractivity contribution in [3.63, 3.8) is 0 Å². The summed E-state index contributed by atoms with van der Waals surface area (Å²) in [5.74, 6) is 1.76. The highest BCUT2D eigenvalue weighted by Crippen LogP contribution is 2.40. The smallest absolute Gasteiger partial charge is 0.161 e. The molecule has 4 heteroatoms. The molecule has 0 bridgehead atoms. The monoisotopic (exact) mass is 249 g/mol. The first kappa shape index (κ1) is 11.8. The maximum absolute atomic E-state index is 8.82. The fourth-order valence-corrected chi connectivity index (χ4v) is 2.71. The number of aliphatic hydroxyl groups is 1. The van der Waals surface area contributed by atoms with Gasteiger partial charge in [-0.1, -0.05) is 0 Å². The molecule has 0 amide bonds. The summed E-state index contributed by atoms with van der Waals surface area (Å²) >= 11 is 0. The van der Waals surface area contributed by atoms with Crippen molar-refractivity contribution < 1.29 is 14.6 Å². The lowest BCUT2D eigenvalue weighted by Crippen LogP contribution is -2.21. The van der Waals surface area contributed by atoms with Gasteiger partial charge in [0.15, 0.2) is 11.5 Å². The van der Waals surface area contributed by atoms with E-state index < -0.39 is 0 Å². The normalized spacial score (nSPS) is 20.8. The van der Waals surface area contributed by atoms with Gasteiger partial charge in [-0.15, -0.1) is 0 Å². The van der Waals surface area contributed by atoms with Crippen LogP contribution >= 0.6 is 0 Å². The van der Waals surface area contributed by atoms with Gasteiger partial charge in [0.25, 0.3) is 0 Å². The summed E-state index contributed by atoms with van der Waals surface area (Å²) in [5.41, 5.74) is 2.69. The molecule has 2 N–H and O–H groups in total. The number of hydrogen-bond acceptors (Lipinski definition) is 4. The molecule has 3 rings (SSSR count). The summed E-state index contributed by atoms with van der Waals surface area (Å²) in [5, 5.41) is 12.3. The van der Waals surface area contributed by atoms with Crippen molar-refractivity contribution in [2.45, 2.75) is 25.3 Å². The van der Waals surface area contributed by atoms with Crippen LogP contribution in [0.1, 0.15) is 30.0 Å². The molecule has 1 aliphatic carbocycles. The van der Waals surface area contributed by atoms with Crippen molar-refractivity contribution in [1.82, 2.24) is 5.32 Å². The van der Waals surface area contributed by atoms with Crippen molar-refractivity contribution in [2.75, 3.05) is 26.4 Å². The van der Waals surface area contributed by atoms with Gasteiger partial charge in [-0.25, -0.2) is 0 Å². The molecule has 0 aromatic heterocycles. The molecule has 1 unspecified atom stereocenters. The van der Waals surface area contributed by atoms with Gasteiger partial charge >= 0.3 is 0 Å². The van der Waals surface area contributed by atoms with Crippen molar-refractivity contribution in [2.24, 2.45) is 0 Å². The summed E-state index contributed by atoms with van der Waals surface area (Å²) in [6.45, 7) is 2.38. The van der Waals surface area contributed by atoms with E-state index in [-0.39, 0.29) is 6.61 Å². The van der Waals surface area contributed by atoms with Crippen molar-refractivity contribution >= 4 is 0 Å². The van der Waals surface area contributed by atoms with E-state index in [4.69, 9.17) is 14.6 Å². The lowest BCUT2D eigenvalue weighted by atomic mass is 10.1. The molecule has 4 nitrogen and oxygen atoms in total. The van der Waals surface area contributed by atoms with E-state index in [1.165, 1.54) is 11.1 Å². The average molecular weight is 249 g/mol.